The van der Waals surface area contributed by atoms with Gasteiger partial charge in [0, 0.05) is 32.3 Å². The van der Waals surface area contributed by atoms with E-state index in [0.29, 0.717) is 17.0 Å². The molecule has 9 heteroatoms. The Morgan fingerprint density at radius 3 is 2.43 bits per heavy atom. The second kappa shape index (κ2) is 9.36. The molecule has 0 aliphatic heterocycles. The van der Waals surface area contributed by atoms with Crippen LogP contribution in [-0.2, 0) is 31.9 Å². The van der Waals surface area contributed by atoms with Crippen molar-refractivity contribution in [2.75, 3.05) is 0 Å². The Morgan fingerprint density at radius 2 is 1.77 bits per heavy atom. The summed E-state index contributed by atoms with van der Waals surface area (Å²) in [6.07, 6.45) is 0.305. The molecule has 0 fully saturated rings. The molecule has 1 atom stereocenters. The molecule has 8 nitrogen and oxygen atoms in total. The van der Waals surface area contributed by atoms with Crippen LogP contribution in [0.2, 0.25) is 0 Å². The van der Waals surface area contributed by atoms with Crippen LogP contribution in [0.1, 0.15) is 20.9 Å². The Bertz CT molecular complexity index is 1150. The lowest BCUT2D eigenvalue weighted by Crippen LogP contribution is -2.48. The minimum absolute atomic E-state index is 0.0131. The normalized spacial score (nSPS) is 11.7. The topological polar surface area (TPSA) is 102 Å². The van der Waals surface area contributed by atoms with Crippen molar-refractivity contribution >= 4 is 23.2 Å². The zero-order valence-corrected chi connectivity index (χ0v) is 17.4. The summed E-state index contributed by atoms with van der Waals surface area (Å²) in [6.45, 7) is -0.0131. The third-order valence-electron chi connectivity index (χ3n) is 4.72. The maximum absolute atomic E-state index is 12.9. The molecular weight excluding hydrogens is 404 g/mol. The summed E-state index contributed by atoms with van der Waals surface area (Å²) >= 11 is 1.29. The molecule has 1 unspecified atom stereocenters. The number of hydrogen-bond acceptors (Lipinski definition) is 5. The Hall–Kier alpha value is -3.46. The van der Waals surface area contributed by atoms with E-state index < -0.39 is 23.2 Å². The van der Waals surface area contributed by atoms with E-state index in [1.54, 1.807) is 17.5 Å². The van der Waals surface area contributed by atoms with Gasteiger partial charge in [-0.15, -0.1) is 11.3 Å². The molecule has 2 aromatic heterocycles. The summed E-state index contributed by atoms with van der Waals surface area (Å²) in [5, 5.41) is 7.29. The highest BCUT2D eigenvalue weighted by Gasteiger charge is 2.22. The van der Waals surface area contributed by atoms with E-state index in [9.17, 15) is 19.2 Å². The van der Waals surface area contributed by atoms with Crippen LogP contribution >= 0.6 is 11.3 Å². The van der Waals surface area contributed by atoms with E-state index in [1.165, 1.54) is 36.1 Å². The van der Waals surface area contributed by atoms with E-state index in [-0.39, 0.29) is 12.5 Å². The van der Waals surface area contributed by atoms with Gasteiger partial charge in [0.25, 0.3) is 11.5 Å². The predicted octanol–water partition coefficient (Wildman–Crippen LogP) is 0.803. The van der Waals surface area contributed by atoms with Crippen LogP contribution < -0.4 is 21.9 Å². The fraction of sp³-hybridized carbons (Fsp3) is 0.238. The number of aromatic nitrogens is 2. The van der Waals surface area contributed by atoms with Crippen molar-refractivity contribution in [2.45, 2.75) is 19.0 Å². The fourth-order valence-corrected chi connectivity index (χ4v) is 3.57. The van der Waals surface area contributed by atoms with E-state index in [1.807, 2.05) is 30.3 Å². The maximum atomic E-state index is 12.9. The third kappa shape index (κ3) is 4.93. The third-order valence-corrected chi connectivity index (χ3v) is 5.59. The summed E-state index contributed by atoms with van der Waals surface area (Å²) < 4.78 is 2.29. The summed E-state index contributed by atoms with van der Waals surface area (Å²) in [5.41, 5.74) is 0.345. The van der Waals surface area contributed by atoms with Crippen LogP contribution in [-0.4, -0.2) is 27.0 Å². The Kier molecular flexibility index (Phi) is 6.63. The highest BCUT2D eigenvalue weighted by molar-refractivity contribution is 7.12. The van der Waals surface area contributed by atoms with Gasteiger partial charge < -0.3 is 10.6 Å². The average Bonchev–Trinajstić information content (AvgIpc) is 3.29. The quantitative estimate of drug-likeness (QED) is 0.583. The number of rotatable bonds is 7. The van der Waals surface area contributed by atoms with Crippen molar-refractivity contribution in [2.24, 2.45) is 14.1 Å². The van der Waals surface area contributed by atoms with Crippen molar-refractivity contribution < 1.29 is 9.59 Å². The van der Waals surface area contributed by atoms with Crippen LogP contribution in [0.3, 0.4) is 0 Å². The zero-order chi connectivity index (χ0) is 21.7. The number of amides is 2. The lowest BCUT2D eigenvalue weighted by molar-refractivity contribution is -0.123. The number of hydrogen-bond donors (Lipinski definition) is 2. The van der Waals surface area contributed by atoms with Crippen molar-refractivity contribution in [1.82, 2.24) is 19.8 Å². The first-order valence-corrected chi connectivity index (χ1v) is 10.2. The molecule has 0 aliphatic rings. The molecule has 2 amide bonds. The minimum Gasteiger partial charge on any atom is -0.349 e. The summed E-state index contributed by atoms with van der Waals surface area (Å²) in [4.78, 5) is 49.8. The Balaban J connectivity index is 1.77. The van der Waals surface area contributed by atoms with Crippen LogP contribution in [0.15, 0.2) is 63.5 Å². The van der Waals surface area contributed by atoms with Gasteiger partial charge in [-0.25, -0.2) is 4.79 Å². The molecule has 0 bridgehead atoms. The van der Waals surface area contributed by atoms with Gasteiger partial charge in [0.2, 0.25) is 5.91 Å². The van der Waals surface area contributed by atoms with Crippen LogP contribution in [0.5, 0.6) is 0 Å². The molecule has 0 saturated heterocycles. The minimum atomic E-state index is -0.814. The average molecular weight is 426 g/mol. The lowest BCUT2D eigenvalue weighted by Gasteiger charge is -2.19. The standard InChI is InChI=1S/C21H22N4O4S/c1-24-15(12-18(26)25(2)21(24)29)13-22-19(27)16(11-14-7-4-3-5-8-14)23-20(28)17-9-6-10-30-17/h3-10,12,16H,11,13H2,1-2H3,(H,22,27)(H,23,28). The van der Waals surface area contributed by atoms with E-state index >= 15 is 0 Å². The largest absolute Gasteiger partial charge is 0.349 e. The monoisotopic (exact) mass is 426 g/mol. The van der Waals surface area contributed by atoms with Gasteiger partial charge in [-0.2, -0.15) is 0 Å². The second-order valence-electron chi connectivity index (χ2n) is 6.79. The number of nitrogens with one attached hydrogen (secondary N) is 2. The molecule has 3 rings (SSSR count). The smallest absolute Gasteiger partial charge is 0.330 e. The van der Waals surface area contributed by atoms with Crippen LogP contribution in [0, 0.1) is 0 Å². The van der Waals surface area contributed by atoms with Gasteiger partial charge in [0.05, 0.1) is 11.4 Å². The zero-order valence-electron chi connectivity index (χ0n) is 16.6. The SMILES string of the molecule is Cn1c(CNC(=O)C(Cc2ccccc2)NC(=O)c2cccs2)cc(=O)n(C)c1=O. The second-order valence-corrected chi connectivity index (χ2v) is 7.73. The molecule has 0 saturated carbocycles. The Labute approximate surface area is 176 Å². The van der Waals surface area contributed by atoms with Gasteiger partial charge in [-0.05, 0) is 17.0 Å². The van der Waals surface area contributed by atoms with Crippen molar-refractivity contribution in [3.05, 3.63) is 90.9 Å². The molecule has 2 N–H and O–H groups in total. The molecule has 0 aliphatic carbocycles. The number of carbonyl (C=O) groups excluding carboxylic acids is 2. The highest BCUT2D eigenvalue weighted by atomic mass is 32.1. The first-order chi connectivity index (χ1) is 14.4. The van der Waals surface area contributed by atoms with Crippen molar-refractivity contribution in [1.29, 1.82) is 0 Å². The summed E-state index contributed by atoms with van der Waals surface area (Å²) in [7, 11) is 2.92. The molecule has 30 heavy (non-hydrogen) atoms. The fourth-order valence-electron chi connectivity index (χ4n) is 2.94. The molecule has 3 aromatic rings. The molecule has 0 spiro atoms. The molecule has 1 aromatic carbocycles. The summed E-state index contributed by atoms with van der Waals surface area (Å²) in [6, 6.07) is 13.3. The van der Waals surface area contributed by atoms with Crippen LogP contribution in [0.25, 0.3) is 0 Å². The van der Waals surface area contributed by atoms with E-state index in [4.69, 9.17) is 0 Å². The Morgan fingerprint density at radius 1 is 1.03 bits per heavy atom. The number of carbonyl (C=O) groups is 2. The van der Waals surface area contributed by atoms with E-state index in [2.05, 4.69) is 10.6 Å². The van der Waals surface area contributed by atoms with E-state index in [0.717, 1.165) is 10.1 Å². The van der Waals surface area contributed by atoms with Gasteiger partial charge in [0.15, 0.2) is 0 Å². The first-order valence-electron chi connectivity index (χ1n) is 9.28. The summed E-state index contributed by atoms with van der Waals surface area (Å²) in [5.74, 6) is -0.737. The maximum Gasteiger partial charge on any atom is 0.330 e. The number of benzene rings is 1. The highest BCUT2D eigenvalue weighted by Crippen LogP contribution is 2.10. The lowest BCUT2D eigenvalue weighted by atomic mass is 10.0. The first kappa shape index (κ1) is 21.3. The van der Waals surface area contributed by atoms with Crippen LogP contribution in [0.4, 0.5) is 0 Å². The number of nitrogens with zero attached hydrogens (tertiary/aromatic N) is 2. The van der Waals surface area contributed by atoms with Gasteiger partial charge in [-0.1, -0.05) is 36.4 Å². The van der Waals surface area contributed by atoms with Crippen molar-refractivity contribution in [3.8, 4) is 0 Å². The number of thiophene rings is 1. The molecule has 156 valence electrons. The molecule has 2 heterocycles. The predicted molar refractivity (Wildman–Crippen MR) is 114 cm³/mol. The van der Waals surface area contributed by atoms with Gasteiger partial charge in [-0.3, -0.25) is 23.5 Å². The van der Waals surface area contributed by atoms with Crippen molar-refractivity contribution in [3.63, 3.8) is 0 Å². The van der Waals surface area contributed by atoms with Gasteiger partial charge >= 0.3 is 5.69 Å². The van der Waals surface area contributed by atoms with Gasteiger partial charge in [0.1, 0.15) is 6.04 Å². The molecular formula is C21H22N4O4S. The molecule has 0 radical (unpaired) electrons.